The van der Waals surface area contributed by atoms with Crippen molar-refractivity contribution >= 4 is 12.4 Å². The van der Waals surface area contributed by atoms with Gasteiger partial charge in [0.05, 0.1) is 19.3 Å². The number of hydrogen-bond donors (Lipinski definition) is 3. The first-order chi connectivity index (χ1) is 5.77. The van der Waals surface area contributed by atoms with E-state index in [4.69, 9.17) is 15.9 Å². The largest absolute Gasteiger partial charge is 0.394 e. The van der Waals surface area contributed by atoms with E-state index >= 15 is 0 Å². The van der Waals surface area contributed by atoms with E-state index in [1.165, 1.54) is 0 Å². The number of aliphatic hydroxyl groups excluding tert-OH is 2. The Labute approximate surface area is 83.6 Å². The lowest BCUT2D eigenvalue weighted by Crippen LogP contribution is -2.14. The Morgan fingerprint density at radius 3 is 2.54 bits per heavy atom. The fraction of sp³-hybridized carbons (Fsp3) is 0.333. The van der Waals surface area contributed by atoms with Gasteiger partial charge < -0.3 is 15.9 Å². The Kier molecular flexibility index (Phi) is 5.66. The monoisotopic (exact) mass is 203 g/mol. The van der Waals surface area contributed by atoms with Crippen LogP contribution in [-0.2, 0) is 6.61 Å². The zero-order chi connectivity index (χ0) is 8.97. The topological polar surface area (TPSA) is 66.5 Å². The first kappa shape index (κ1) is 12.4. The summed E-state index contributed by atoms with van der Waals surface area (Å²) in [5, 5.41) is 17.6. The fourth-order valence-corrected chi connectivity index (χ4v) is 1.03. The van der Waals surface area contributed by atoms with Crippen molar-refractivity contribution in [2.45, 2.75) is 12.6 Å². The molecule has 0 fully saturated rings. The molecule has 13 heavy (non-hydrogen) atoms. The van der Waals surface area contributed by atoms with Gasteiger partial charge in [0.25, 0.3) is 0 Å². The fourth-order valence-electron chi connectivity index (χ4n) is 1.03. The molecule has 0 amide bonds. The van der Waals surface area contributed by atoms with Crippen molar-refractivity contribution in [3.8, 4) is 0 Å². The summed E-state index contributed by atoms with van der Waals surface area (Å²) in [5.41, 5.74) is 7.25. The molecule has 0 saturated heterocycles. The highest BCUT2D eigenvalue weighted by Gasteiger charge is 2.03. The molecule has 1 aromatic rings. The minimum Gasteiger partial charge on any atom is -0.394 e. The molecule has 0 spiro atoms. The molecular weight excluding hydrogens is 190 g/mol. The number of halogens is 1. The van der Waals surface area contributed by atoms with Crippen LogP contribution in [0.5, 0.6) is 0 Å². The highest BCUT2D eigenvalue weighted by Crippen LogP contribution is 2.11. The predicted octanol–water partition coefficient (Wildman–Crippen LogP) is 0.593. The lowest BCUT2D eigenvalue weighted by molar-refractivity contribution is 0.266. The summed E-state index contributed by atoms with van der Waals surface area (Å²) in [5.74, 6) is 0. The molecule has 0 radical (unpaired) electrons. The summed E-state index contributed by atoms with van der Waals surface area (Å²) in [7, 11) is 0. The molecule has 4 N–H and O–H groups in total. The summed E-state index contributed by atoms with van der Waals surface area (Å²) in [6, 6.07) is 6.90. The SMILES string of the molecule is Cl.NC(CO)c1cccc(CO)c1. The quantitative estimate of drug-likeness (QED) is 0.674. The molecule has 0 heterocycles. The first-order valence-electron chi connectivity index (χ1n) is 3.84. The minimum absolute atomic E-state index is 0. The van der Waals surface area contributed by atoms with Crippen LogP contribution in [0, 0.1) is 0 Å². The van der Waals surface area contributed by atoms with E-state index in [1.807, 2.05) is 18.2 Å². The molecule has 0 bridgehead atoms. The van der Waals surface area contributed by atoms with Crippen molar-refractivity contribution in [2.24, 2.45) is 5.73 Å². The van der Waals surface area contributed by atoms with Gasteiger partial charge in [0.2, 0.25) is 0 Å². The molecule has 1 aromatic carbocycles. The summed E-state index contributed by atoms with van der Waals surface area (Å²) >= 11 is 0. The van der Waals surface area contributed by atoms with Gasteiger partial charge in [0, 0.05) is 0 Å². The lowest BCUT2D eigenvalue weighted by atomic mass is 10.1. The Hall–Kier alpha value is -0.610. The second-order valence-corrected chi connectivity index (χ2v) is 2.69. The molecular formula is C9H14ClNO2. The van der Waals surface area contributed by atoms with Gasteiger partial charge in [-0.15, -0.1) is 12.4 Å². The maximum atomic E-state index is 8.81. The number of rotatable bonds is 3. The molecule has 74 valence electrons. The molecule has 4 heteroatoms. The normalized spacial score (nSPS) is 11.9. The second kappa shape index (κ2) is 5.94. The van der Waals surface area contributed by atoms with E-state index < -0.39 is 0 Å². The summed E-state index contributed by atoms with van der Waals surface area (Å²) in [6.45, 7) is -0.0686. The molecule has 0 saturated carbocycles. The zero-order valence-corrected chi connectivity index (χ0v) is 8.00. The highest BCUT2D eigenvalue weighted by molar-refractivity contribution is 5.85. The number of nitrogens with two attached hydrogens (primary N) is 1. The van der Waals surface area contributed by atoms with Crippen molar-refractivity contribution < 1.29 is 10.2 Å². The number of hydrogen-bond acceptors (Lipinski definition) is 3. The van der Waals surface area contributed by atoms with Gasteiger partial charge in [-0.1, -0.05) is 24.3 Å². The van der Waals surface area contributed by atoms with Gasteiger partial charge in [-0.2, -0.15) is 0 Å². The Morgan fingerprint density at radius 1 is 1.31 bits per heavy atom. The van der Waals surface area contributed by atoms with Crippen LogP contribution in [0.1, 0.15) is 17.2 Å². The molecule has 0 aliphatic carbocycles. The maximum absolute atomic E-state index is 8.81. The van der Waals surface area contributed by atoms with Crippen molar-refractivity contribution in [3.05, 3.63) is 35.4 Å². The Bertz CT molecular complexity index is 255. The van der Waals surface area contributed by atoms with Crippen molar-refractivity contribution in [1.82, 2.24) is 0 Å². The molecule has 1 rings (SSSR count). The molecule has 0 aliphatic heterocycles. The lowest BCUT2D eigenvalue weighted by Gasteiger charge is -2.08. The maximum Gasteiger partial charge on any atom is 0.0681 e. The third-order valence-corrected chi connectivity index (χ3v) is 1.76. The van der Waals surface area contributed by atoms with Crippen molar-refractivity contribution in [1.29, 1.82) is 0 Å². The van der Waals surface area contributed by atoms with Crippen LogP contribution in [-0.4, -0.2) is 16.8 Å². The van der Waals surface area contributed by atoms with Gasteiger partial charge >= 0.3 is 0 Å². The molecule has 0 aliphatic rings. The Morgan fingerprint density at radius 2 is 2.00 bits per heavy atom. The van der Waals surface area contributed by atoms with E-state index in [-0.39, 0.29) is 31.7 Å². The van der Waals surface area contributed by atoms with Crippen molar-refractivity contribution in [3.63, 3.8) is 0 Å². The van der Waals surface area contributed by atoms with E-state index in [9.17, 15) is 0 Å². The van der Waals surface area contributed by atoms with Crippen LogP contribution in [0.25, 0.3) is 0 Å². The van der Waals surface area contributed by atoms with Crippen LogP contribution in [0.3, 0.4) is 0 Å². The summed E-state index contributed by atoms with van der Waals surface area (Å²) in [4.78, 5) is 0. The van der Waals surface area contributed by atoms with Crippen LogP contribution in [0.2, 0.25) is 0 Å². The summed E-state index contributed by atoms with van der Waals surface area (Å²) < 4.78 is 0. The van der Waals surface area contributed by atoms with Gasteiger partial charge in [-0.05, 0) is 11.1 Å². The van der Waals surface area contributed by atoms with Crippen LogP contribution < -0.4 is 5.73 Å². The summed E-state index contributed by atoms with van der Waals surface area (Å²) in [6.07, 6.45) is 0. The average Bonchev–Trinajstić information content (AvgIpc) is 2.17. The molecule has 3 nitrogen and oxygen atoms in total. The smallest absolute Gasteiger partial charge is 0.0681 e. The van der Waals surface area contributed by atoms with Crippen LogP contribution in [0.15, 0.2) is 24.3 Å². The molecule has 0 aromatic heterocycles. The average molecular weight is 204 g/mol. The van der Waals surface area contributed by atoms with Gasteiger partial charge in [-0.25, -0.2) is 0 Å². The van der Waals surface area contributed by atoms with Gasteiger partial charge in [-0.3, -0.25) is 0 Å². The van der Waals surface area contributed by atoms with E-state index in [2.05, 4.69) is 0 Å². The van der Waals surface area contributed by atoms with E-state index in [0.717, 1.165) is 11.1 Å². The minimum atomic E-state index is -0.350. The molecule has 1 atom stereocenters. The number of benzene rings is 1. The van der Waals surface area contributed by atoms with Gasteiger partial charge in [0.15, 0.2) is 0 Å². The number of aliphatic hydroxyl groups is 2. The highest BCUT2D eigenvalue weighted by atomic mass is 35.5. The second-order valence-electron chi connectivity index (χ2n) is 2.69. The van der Waals surface area contributed by atoms with Crippen LogP contribution >= 0.6 is 12.4 Å². The molecule has 1 unspecified atom stereocenters. The Balaban J connectivity index is 0.00000144. The predicted molar refractivity (Wildman–Crippen MR) is 53.6 cm³/mol. The van der Waals surface area contributed by atoms with E-state index in [1.54, 1.807) is 6.07 Å². The first-order valence-corrected chi connectivity index (χ1v) is 3.84. The third kappa shape index (κ3) is 3.32. The van der Waals surface area contributed by atoms with Crippen LogP contribution in [0.4, 0.5) is 0 Å². The van der Waals surface area contributed by atoms with E-state index in [0.29, 0.717) is 0 Å². The standard InChI is InChI=1S/C9H13NO2.ClH/c10-9(6-12)8-3-1-2-7(4-8)5-11;/h1-4,9,11-12H,5-6,10H2;1H. The van der Waals surface area contributed by atoms with Crippen molar-refractivity contribution in [2.75, 3.05) is 6.61 Å². The van der Waals surface area contributed by atoms with Gasteiger partial charge in [0.1, 0.15) is 0 Å². The third-order valence-electron chi connectivity index (χ3n) is 1.76. The zero-order valence-electron chi connectivity index (χ0n) is 7.18.